The van der Waals surface area contributed by atoms with Crippen LogP contribution < -0.4 is 14.8 Å². The average molecular weight is 338 g/mol. The molecule has 2 unspecified atom stereocenters. The third kappa shape index (κ3) is 4.17. The molecule has 2 atom stereocenters. The van der Waals surface area contributed by atoms with E-state index >= 15 is 0 Å². The lowest BCUT2D eigenvalue weighted by Gasteiger charge is -2.29. The Morgan fingerprint density at radius 1 is 1.12 bits per heavy atom. The van der Waals surface area contributed by atoms with Crippen molar-refractivity contribution in [2.45, 2.75) is 24.7 Å². The van der Waals surface area contributed by atoms with E-state index in [1.165, 1.54) is 12.4 Å². The Balaban J connectivity index is 1.60. The molecule has 1 aliphatic heterocycles. The molecule has 0 fully saturated rings. The highest BCUT2D eigenvalue weighted by Crippen LogP contribution is 2.31. The van der Waals surface area contributed by atoms with E-state index in [1.807, 2.05) is 6.07 Å². The highest BCUT2D eigenvalue weighted by Gasteiger charge is 2.39. The zero-order valence-electron chi connectivity index (χ0n) is 12.8. The molecule has 2 aromatic rings. The van der Waals surface area contributed by atoms with Crippen molar-refractivity contribution in [1.82, 2.24) is 10.3 Å². The van der Waals surface area contributed by atoms with Gasteiger partial charge in [-0.15, -0.1) is 0 Å². The van der Waals surface area contributed by atoms with Gasteiger partial charge >= 0.3 is 6.18 Å². The van der Waals surface area contributed by atoms with Crippen LogP contribution in [0.25, 0.3) is 0 Å². The number of halogens is 3. The molecule has 1 aromatic heterocycles. The Bertz CT molecular complexity index is 664. The van der Waals surface area contributed by atoms with E-state index in [-0.39, 0.29) is 19.6 Å². The first-order valence-corrected chi connectivity index (χ1v) is 7.60. The molecule has 1 aliphatic rings. The predicted molar refractivity (Wildman–Crippen MR) is 82.1 cm³/mol. The molecule has 7 heteroatoms. The quantitative estimate of drug-likeness (QED) is 0.910. The Hall–Kier alpha value is -2.28. The smallest absolute Gasteiger partial charge is 0.404 e. The van der Waals surface area contributed by atoms with Gasteiger partial charge in [-0.25, -0.2) is 0 Å². The zero-order chi connectivity index (χ0) is 17.0. The third-order valence-corrected chi connectivity index (χ3v) is 3.74. The van der Waals surface area contributed by atoms with Crippen LogP contribution in [-0.4, -0.2) is 36.5 Å². The summed E-state index contributed by atoms with van der Waals surface area (Å²) in [6.07, 6.45) is -2.01. The maximum absolute atomic E-state index is 13.2. The van der Waals surface area contributed by atoms with Crippen molar-refractivity contribution in [2.75, 3.05) is 13.2 Å². The van der Waals surface area contributed by atoms with Crippen LogP contribution in [0.2, 0.25) is 0 Å². The second-order valence-electron chi connectivity index (χ2n) is 5.56. The van der Waals surface area contributed by atoms with E-state index in [2.05, 4.69) is 10.3 Å². The topological polar surface area (TPSA) is 43.4 Å². The number of pyridine rings is 1. The molecule has 0 bridgehead atoms. The number of nitrogens with zero attached hydrogens (tertiary/aromatic N) is 1. The summed E-state index contributed by atoms with van der Waals surface area (Å²) in [4.78, 5) is 3.82. The fourth-order valence-corrected chi connectivity index (χ4v) is 2.50. The molecule has 0 spiro atoms. The number of para-hydroxylation sites is 2. The molecule has 4 nitrogen and oxygen atoms in total. The van der Waals surface area contributed by atoms with Crippen molar-refractivity contribution < 1.29 is 22.6 Å². The Morgan fingerprint density at radius 3 is 2.54 bits per heavy atom. The summed E-state index contributed by atoms with van der Waals surface area (Å²) in [5.41, 5.74) is 0.575. The lowest BCUT2D eigenvalue weighted by atomic mass is 10.1. The lowest BCUT2D eigenvalue weighted by Crippen LogP contribution is -2.49. The van der Waals surface area contributed by atoms with E-state index in [9.17, 15) is 13.2 Å². The number of nitrogens with one attached hydrogen (secondary N) is 1. The first kappa shape index (κ1) is 16.6. The van der Waals surface area contributed by atoms with E-state index in [0.717, 1.165) is 0 Å². The van der Waals surface area contributed by atoms with Gasteiger partial charge in [-0.05, 0) is 36.2 Å². The first-order chi connectivity index (χ1) is 11.5. The van der Waals surface area contributed by atoms with Gasteiger partial charge in [0.25, 0.3) is 0 Å². The van der Waals surface area contributed by atoms with Gasteiger partial charge in [-0.1, -0.05) is 12.1 Å². The highest BCUT2D eigenvalue weighted by molar-refractivity contribution is 5.40. The van der Waals surface area contributed by atoms with Gasteiger partial charge in [0.05, 0.1) is 0 Å². The number of aromatic nitrogens is 1. The Labute approximate surface area is 137 Å². The molecule has 0 aliphatic carbocycles. The van der Waals surface area contributed by atoms with E-state index in [1.54, 1.807) is 30.3 Å². The number of hydrogen-bond acceptors (Lipinski definition) is 4. The van der Waals surface area contributed by atoms with Crippen molar-refractivity contribution in [3.05, 3.63) is 54.4 Å². The van der Waals surface area contributed by atoms with Crippen LogP contribution in [0.3, 0.4) is 0 Å². The molecule has 1 aromatic carbocycles. The van der Waals surface area contributed by atoms with Crippen molar-refractivity contribution in [3.63, 3.8) is 0 Å². The van der Waals surface area contributed by atoms with Gasteiger partial charge in [0.2, 0.25) is 0 Å². The minimum absolute atomic E-state index is 0.0452. The van der Waals surface area contributed by atoms with Crippen molar-refractivity contribution >= 4 is 0 Å². The number of rotatable bonds is 5. The van der Waals surface area contributed by atoms with E-state index in [4.69, 9.17) is 9.47 Å². The lowest BCUT2D eigenvalue weighted by molar-refractivity contribution is -0.156. The highest BCUT2D eigenvalue weighted by atomic mass is 19.4. The largest absolute Gasteiger partial charge is 0.486 e. The molecule has 1 N–H and O–H groups in total. The van der Waals surface area contributed by atoms with Crippen LogP contribution in [0.5, 0.6) is 11.5 Å². The normalized spacial score (nSPS) is 18.2. The predicted octanol–water partition coefficient (Wildman–Crippen LogP) is 2.98. The maximum Gasteiger partial charge on any atom is 0.404 e. The molecule has 0 saturated heterocycles. The van der Waals surface area contributed by atoms with Gasteiger partial charge in [0, 0.05) is 18.9 Å². The summed E-state index contributed by atoms with van der Waals surface area (Å²) >= 11 is 0. The minimum Gasteiger partial charge on any atom is -0.486 e. The van der Waals surface area contributed by atoms with Gasteiger partial charge in [0.1, 0.15) is 18.8 Å². The maximum atomic E-state index is 13.2. The fraction of sp³-hybridized carbons (Fsp3) is 0.353. The summed E-state index contributed by atoms with van der Waals surface area (Å²) < 4.78 is 50.9. The fourth-order valence-electron chi connectivity index (χ4n) is 2.50. The number of fused-ring (bicyclic) bond motifs is 1. The first-order valence-electron chi connectivity index (χ1n) is 7.60. The molecule has 128 valence electrons. The van der Waals surface area contributed by atoms with Crippen molar-refractivity contribution in [3.8, 4) is 11.5 Å². The summed E-state index contributed by atoms with van der Waals surface area (Å²) in [6, 6.07) is 8.62. The molecule has 3 rings (SSSR count). The second-order valence-corrected chi connectivity index (χ2v) is 5.56. The molecule has 0 amide bonds. The minimum atomic E-state index is -4.35. The number of hydrogen-bond donors (Lipinski definition) is 1. The average Bonchev–Trinajstić information content (AvgIpc) is 2.58. The van der Waals surface area contributed by atoms with Gasteiger partial charge < -0.3 is 14.8 Å². The summed E-state index contributed by atoms with van der Waals surface area (Å²) in [5, 5.41) is 2.56. The third-order valence-electron chi connectivity index (χ3n) is 3.74. The molecule has 0 radical (unpaired) electrons. The van der Waals surface area contributed by atoms with Crippen LogP contribution in [0.1, 0.15) is 5.56 Å². The summed E-state index contributed by atoms with van der Waals surface area (Å²) in [5.74, 6) is 1.16. The monoisotopic (exact) mass is 338 g/mol. The molecular weight excluding hydrogens is 321 g/mol. The standard InChI is InChI=1S/C17H17F3N2O2/c18-17(19,20)16(9-12-5-7-21-8-6-12)22-10-13-11-23-14-3-1-2-4-15(14)24-13/h1-8,13,16,22H,9-11H2. The van der Waals surface area contributed by atoms with Crippen LogP contribution in [0.15, 0.2) is 48.8 Å². The molecular formula is C17H17F3N2O2. The van der Waals surface area contributed by atoms with Crippen molar-refractivity contribution in [1.29, 1.82) is 0 Å². The van der Waals surface area contributed by atoms with Crippen LogP contribution >= 0.6 is 0 Å². The summed E-state index contributed by atoms with van der Waals surface area (Å²) in [6.45, 7) is 0.257. The van der Waals surface area contributed by atoms with Gasteiger partial charge in [0.15, 0.2) is 11.5 Å². The van der Waals surface area contributed by atoms with Gasteiger partial charge in [-0.2, -0.15) is 13.2 Å². The SMILES string of the molecule is FC(F)(F)C(Cc1ccncc1)NCC1COc2ccccc2O1. The van der Waals surface area contributed by atoms with E-state index < -0.39 is 18.3 Å². The number of ether oxygens (including phenoxy) is 2. The number of alkyl halides is 3. The molecule has 2 heterocycles. The zero-order valence-corrected chi connectivity index (χ0v) is 12.8. The second kappa shape index (κ2) is 7.09. The van der Waals surface area contributed by atoms with Crippen LogP contribution in [-0.2, 0) is 6.42 Å². The molecule has 0 saturated carbocycles. The van der Waals surface area contributed by atoms with Crippen LogP contribution in [0, 0.1) is 0 Å². The Morgan fingerprint density at radius 2 is 1.83 bits per heavy atom. The van der Waals surface area contributed by atoms with E-state index in [0.29, 0.717) is 17.1 Å². The summed E-state index contributed by atoms with van der Waals surface area (Å²) in [7, 11) is 0. The molecule has 24 heavy (non-hydrogen) atoms. The van der Waals surface area contributed by atoms with Crippen LogP contribution in [0.4, 0.5) is 13.2 Å². The van der Waals surface area contributed by atoms with Gasteiger partial charge in [-0.3, -0.25) is 4.98 Å². The number of benzene rings is 1. The Kier molecular flexibility index (Phi) is 4.89. The van der Waals surface area contributed by atoms with Crippen molar-refractivity contribution in [2.24, 2.45) is 0 Å².